The lowest BCUT2D eigenvalue weighted by molar-refractivity contribution is 1.50. The van der Waals surface area contributed by atoms with Crippen LogP contribution in [0.2, 0.25) is 5.02 Å². The highest BCUT2D eigenvalue weighted by Crippen LogP contribution is 2.17. The van der Waals surface area contributed by atoms with Crippen molar-refractivity contribution in [3.05, 3.63) is 40.9 Å². The van der Waals surface area contributed by atoms with Gasteiger partial charge in [0.25, 0.3) is 0 Å². The molecule has 0 fully saturated rings. The number of rotatable bonds is 1. The summed E-state index contributed by atoms with van der Waals surface area (Å²) in [6, 6.07) is 10.6. The van der Waals surface area contributed by atoms with Crippen LogP contribution in [0.25, 0.3) is 5.57 Å². The van der Waals surface area contributed by atoms with Crippen molar-refractivity contribution >= 4 is 17.2 Å². The van der Waals surface area contributed by atoms with Crippen molar-refractivity contribution in [1.29, 1.82) is 10.5 Å². The van der Waals surface area contributed by atoms with E-state index < -0.39 is 0 Å². The van der Waals surface area contributed by atoms with Gasteiger partial charge < -0.3 is 0 Å². The predicted octanol–water partition coefficient (Wildman–Crippen LogP) is 2.77. The first-order valence-corrected chi connectivity index (χ1v) is 3.91. The van der Waals surface area contributed by atoms with Crippen LogP contribution >= 0.6 is 11.6 Å². The Labute approximate surface area is 81.3 Å². The molecule has 0 atom stereocenters. The number of halogens is 1. The van der Waals surface area contributed by atoms with E-state index in [-0.39, 0.29) is 0 Å². The molecule has 0 radical (unpaired) electrons. The molecule has 1 rings (SSSR count). The molecule has 0 spiro atoms. The van der Waals surface area contributed by atoms with Gasteiger partial charge >= 0.3 is 0 Å². The Morgan fingerprint density at radius 2 is 2.15 bits per heavy atom. The van der Waals surface area contributed by atoms with Crippen LogP contribution in [0.3, 0.4) is 0 Å². The normalized spacial score (nSPS) is 10.2. The molecule has 0 heterocycles. The first-order valence-electron chi connectivity index (χ1n) is 3.53. The molecule has 0 bridgehead atoms. The molecule has 3 heteroatoms. The topological polar surface area (TPSA) is 47.6 Å². The number of allylic oxidation sites excluding steroid dienone is 2. The SMILES string of the molecule is N#C/C=C(\C#N)c1cccc(Cl)c1. The van der Waals surface area contributed by atoms with Gasteiger partial charge in [0, 0.05) is 11.1 Å². The summed E-state index contributed by atoms with van der Waals surface area (Å²) in [5.74, 6) is 0. The van der Waals surface area contributed by atoms with Gasteiger partial charge in [-0.05, 0) is 17.7 Å². The molecule has 2 nitrogen and oxygen atoms in total. The minimum Gasteiger partial charge on any atom is -0.193 e. The van der Waals surface area contributed by atoms with Gasteiger partial charge in [-0.25, -0.2) is 0 Å². The zero-order chi connectivity index (χ0) is 9.68. The van der Waals surface area contributed by atoms with Gasteiger partial charge in [0.1, 0.15) is 6.07 Å². The lowest BCUT2D eigenvalue weighted by atomic mass is 10.1. The lowest BCUT2D eigenvalue weighted by Gasteiger charge is -1.96. The van der Waals surface area contributed by atoms with Gasteiger partial charge in [-0.3, -0.25) is 0 Å². The Morgan fingerprint density at radius 1 is 1.38 bits per heavy atom. The summed E-state index contributed by atoms with van der Waals surface area (Å²) >= 11 is 5.73. The summed E-state index contributed by atoms with van der Waals surface area (Å²) in [7, 11) is 0. The molecular formula is C10H5ClN2. The van der Waals surface area contributed by atoms with Crippen LogP contribution in [0.4, 0.5) is 0 Å². The van der Waals surface area contributed by atoms with E-state index in [1.165, 1.54) is 6.08 Å². The molecule has 0 saturated carbocycles. The van der Waals surface area contributed by atoms with E-state index in [1.807, 2.05) is 12.1 Å². The van der Waals surface area contributed by atoms with Crippen molar-refractivity contribution in [2.24, 2.45) is 0 Å². The average molecular weight is 189 g/mol. The molecule has 13 heavy (non-hydrogen) atoms. The maximum atomic E-state index is 8.69. The van der Waals surface area contributed by atoms with Crippen molar-refractivity contribution in [2.45, 2.75) is 0 Å². The predicted molar refractivity (Wildman–Crippen MR) is 50.7 cm³/mol. The van der Waals surface area contributed by atoms with E-state index in [9.17, 15) is 0 Å². The molecule has 0 amide bonds. The summed E-state index contributed by atoms with van der Waals surface area (Å²) in [6.45, 7) is 0. The highest BCUT2D eigenvalue weighted by molar-refractivity contribution is 6.30. The molecule has 0 aliphatic carbocycles. The van der Waals surface area contributed by atoms with E-state index in [2.05, 4.69) is 0 Å². The zero-order valence-electron chi connectivity index (χ0n) is 6.66. The third-order valence-electron chi connectivity index (χ3n) is 1.46. The Hall–Kier alpha value is -1.77. The van der Waals surface area contributed by atoms with Crippen LogP contribution in [-0.2, 0) is 0 Å². The maximum Gasteiger partial charge on any atom is 0.101 e. The second-order valence-electron chi connectivity index (χ2n) is 2.31. The molecule has 0 aliphatic heterocycles. The molecule has 0 saturated heterocycles. The molecule has 0 aromatic heterocycles. The van der Waals surface area contributed by atoms with E-state index >= 15 is 0 Å². The Kier molecular flexibility index (Phi) is 3.09. The maximum absolute atomic E-state index is 8.69. The summed E-state index contributed by atoms with van der Waals surface area (Å²) < 4.78 is 0. The second kappa shape index (κ2) is 4.30. The second-order valence-corrected chi connectivity index (χ2v) is 2.75. The van der Waals surface area contributed by atoms with E-state index in [0.717, 1.165) is 0 Å². The van der Waals surface area contributed by atoms with Crippen molar-refractivity contribution in [3.8, 4) is 12.1 Å². The standard InChI is InChI=1S/C10H5ClN2/c11-10-3-1-2-8(6-10)9(7-13)4-5-12/h1-4,6H/b9-4+. The molecule has 1 aromatic carbocycles. The molecule has 0 unspecified atom stereocenters. The van der Waals surface area contributed by atoms with Gasteiger partial charge in [0.2, 0.25) is 0 Å². The Bertz CT molecular complexity index is 421. The van der Waals surface area contributed by atoms with Crippen molar-refractivity contribution < 1.29 is 0 Å². The van der Waals surface area contributed by atoms with Gasteiger partial charge in [-0.15, -0.1) is 0 Å². The van der Waals surface area contributed by atoms with Crippen LogP contribution in [-0.4, -0.2) is 0 Å². The first kappa shape index (κ1) is 9.32. The molecule has 1 aromatic rings. The fourth-order valence-electron chi connectivity index (χ4n) is 0.901. The first-order chi connectivity index (χ1) is 6.27. The number of benzene rings is 1. The van der Waals surface area contributed by atoms with Gasteiger partial charge in [-0.2, -0.15) is 10.5 Å². The summed E-state index contributed by atoms with van der Waals surface area (Å²) in [6.07, 6.45) is 1.20. The monoisotopic (exact) mass is 188 g/mol. The quantitative estimate of drug-likeness (QED) is 0.637. The van der Waals surface area contributed by atoms with E-state index in [0.29, 0.717) is 16.2 Å². The van der Waals surface area contributed by atoms with Crippen molar-refractivity contribution in [3.63, 3.8) is 0 Å². The van der Waals surface area contributed by atoms with Gasteiger partial charge in [0.05, 0.1) is 11.6 Å². The van der Waals surface area contributed by atoms with Crippen LogP contribution in [0.15, 0.2) is 30.3 Å². The zero-order valence-corrected chi connectivity index (χ0v) is 7.42. The van der Waals surface area contributed by atoms with E-state index in [4.69, 9.17) is 22.1 Å². The molecule has 0 N–H and O–H groups in total. The van der Waals surface area contributed by atoms with Crippen molar-refractivity contribution in [1.82, 2.24) is 0 Å². The van der Waals surface area contributed by atoms with Crippen LogP contribution < -0.4 is 0 Å². The van der Waals surface area contributed by atoms with Gasteiger partial charge in [0.15, 0.2) is 0 Å². The Morgan fingerprint density at radius 3 is 2.69 bits per heavy atom. The number of hydrogen-bond donors (Lipinski definition) is 0. The van der Waals surface area contributed by atoms with Gasteiger partial charge in [-0.1, -0.05) is 23.7 Å². The van der Waals surface area contributed by atoms with Crippen LogP contribution in [0, 0.1) is 22.7 Å². The van der Waals surface area contributed by atoms with Crippen LogP contribution in [0.1, 0.15) is 5.56 Å². The minimum absolute atomic E-state index is 0.324. The molecule has 0 aliphatic rings. The molecule has 62 valence electrons. The van der Waals surface area contributed by atoms with Crippen molar-refractivity contribution in [2.75, 3.05) is 0 Å². The van der Waals surface area contributed by atoms with E-state index in [1.54, 1.807) is 24.3 Å². The van der Waals surface area contributed by atoms with Crippen LogP contribution in [0.5, 0.6) is 0 Å². The summed E-state index contributed by atoms with van der Waals surface area (Å²) in [5.41, 5.74) is 0.988. The summed E-state index contributed by atoms with van der Waals surface area (Å²) in [4.78, 5) is 0. The third kappa shape index (κ3) is 2.33. The fraction of sp³-hybridized carbons (Fsp3) is 0. The highest BCUT2D eigenvalue weighted by Gasteiger charge is 1.99. The smallest absolute Gasteiger partial charge is 0.101 e. The average Bonchev–Trinajstić information content (AvgIpc) is 2.14. The number of nitriles is 2. The largest absolute Gasteiger partial charge is 0.193 e. The molecular weight excluding hydrogens is 184 g/mol. The number of nitrogens with zero attached hydrogens (tertiary/aromatic N) is 2. The fourth-order valence-corrected chi connectivity index (χ4v) is 1.09. The Balaban J connectivity index is 3.17. The highest BCUT2D eigenvalue weighted by atomic mass is 35.5. The number of hydrogen-bond acceptors (Lipinski definition) is 2. The minimum atomic E-state index is 0.324. The lowest BCUT2D eigenvalue weighted by Crippen LogP contribution is -1.79. The third-order valence-corrected chi connectivity index (χ3v) is 1.70. The summed E-state index contributed by atoms with van der Waals surface area (Å²) in [5, 5.41) is 17.6.